The molecule has 0 bridgehead atoms. The topological polar surface area (TPSA) is 135 Å². The molecule has 1 aliphatic rings. The van der Waals surface area contributed by atoms with Gasteiger partial charge in [-0.15, -0.1) is 0 Å². The molecule has 1 fully saturated rings. The van der Waals surface area contributed by atoms with Gasteiger partial charge in [0.2, 0.25) is 5.91 Å². The second kappa shape index (κ2) is 10.7. The predicted molar refractivity (Wildman–Crippen MR) is 127 cm³/mol. The normalized spacial score (nSPS) is 16.7. The quantitative estimate of drug-likeness (QED) is 0.299. The molecule has 198 valence electrons. The first-order chi connectivity index (χ1) is 18.1. The van der Waals surface area contributed by atoms with Crippen LogP contribution in [0.4, 0.5) is 13.2 Å². The van der Waals surface area contributed by atoms with Crippen molar-refractivity contribution in [2.75, 3.05) is 7.11 Å². The lowest BCUT2D eigenvalue weighted by molar-refractivity contribution is -0.138. The number of hydrogen-bond donors (Lipinski definition) is 3. The van der Waals surface area contributed by atoms with Gasteiger partial charge < -0.3 is 25.3 Å². The Kier molecular flexibility index (Phi) is 7.46. The van der Waals surface area contributed by atoms with Crippen LogP contribution in [0.5, 0.6) is 17.2 Å². The Morgan fingerprint density at radius 1 is 1.08 bits per heavy atom. The van der Waals surface area contributed by atoms with E-state index in [4.69, 9.17) is 14.7 Å². The zero-order chi connectivity index (χ0) is 27.3. The van der Waals surface area contributed by atoms with Gasteiger partial charge in [-0.1, -0.05) is 17.3 Å². The third kappa shape index (κ3) is 5.82. The maximum absolute atomic E-state index is 13.4. The van der Waals surface area contributed by atoms with Crippen LogP contribution in [0, 0.1) is 0 Å². The van der Waals surface area contributed by atoms with Gasteiger partial charge in [0.05, 0.1) is 18.4 Å². The van der Waals surface area contributed by atoms with Crippen molar-refractivity contribution in [2.45, 2.75) is 31.1 Å². The second-order valence-electron chi connectivity index (χ2n) is 8.47. The van der Waals surface area contributed by atoms with Gasteiger partial charge in [-0.2, -0.15) is 13.2 Å². The summed E-state index contributed by atoms with van der Waals surface area (Å²) in [6.45, 7) is 0.0626. The number of carbonyl (C=O) groups excluding carboxylic acids is 2. The number of hydrogen-bond acceptors (Lipinski definition) is 8. The Morgan fingerprint density at radius 2 is 1.74 bits per heavy atom. The van der Waals surface area contributed by atoms with Crippen molar-refractivity contribution in [3.05, 3.63) is 77.9 Å². The smallest absolute Gasteiger partial charge is 0.420 e. The van der Waals surface area contributed by atoms with E-state index in [0.29, 0.717) is 11.3 Å². The number of halogens is 3. The molecule has 0 spiro atoms. The SMILES string of the molecule is COc1ccc(Oc2ccc(CNC(=O)C3(NC(=O)c4cncnc4)CC(=NO)C3)cc2)c(C(F)(F)F)c1. The minimum Gasteiger partial charge on any atom is -0.497 e. The number of benzene rings is 2. The first kappa shape index (κ1) is 26.4. The van der Waals surface area contributed by atoms with Crippen LogP contribution in [-0.2, 0) is 17.5 Å². The molecule has 0 atom stereocenters. The summed E-state index contributed by atoms with van der Waals surface area (Å²) < 4.78 is 50.6. The fraction of sp³-hybridized carbons (Fsp3) is 0.240. The standard InChI is InChI=1S/C25H22F3N5O5/c1-37-19-6-7-21(20(8-19)25(26,27)28)38-18-4-2-15(3-5-18)11-31-23(35)24(9-17(10-24)33-36)32-22(34)16-12-29-14-30-13-16/h2-8,12-14,36H,9-11H2,1H3,(H,31,35)(H,32,34). The van der Waals surface area contributed by atoms with Crippen molar-refractivity contribution in [2.24, 2.45) is 5.16 Å². The molecular weight excluding hydrogens is 507 g/mol. The van der Waals surface area contributed by atoms with E-state index in [0.717, 1.165) is 6.07 Å². The van der Waals surface area contributed by atoms with E-state index in [1.807, 2.05) is 0 Å². The monoisotopic (exact) mass is 529 g/mol. The summed E-state index contributed by atoms with van der Waals surface area (Å²) in [6, 6.07) is 9.50. The molecule has 0 unspecified atom stereocenters. The van der Waals surface area contributed by atoms with Crippen molar-refractivity contribution in [3.8, 4) is 17.2 Å². The molecule has 4 rings (SSSR count). The van der Waals surface area contributed by atoms with Crippen molar-refractivity contribution >= 4 is 17.5 Å². The van der Waals surface area contributed by atoms with E-state index in [1.165, 1.54) is 50.1 Å². The number of alkyl halides is 3. The minimum absolute atomic E-state index is 0.0188. The number of nitrogens with one attached hydrogen (secondary N) is 2. The highest BCUT2D eigenvalue weighted by molar-refractivity contribution is 6.09. The van der Waals surface area contributed by atoms with Crippen molar-refractivity contribution in [1.29, 1.82) is 0 Å². The highest BCUT2D eigenvalue weighted by atomic mass is 19.4. The summed E-state index contributed by atoms with van der Waals surface area (Å²) in [7, 11) is 1.27. The molecule has 1 aliphatic carbocycles. The Labute approximate surface area is 214 Å². The van der Waals surface area contributed by atoms with E-state index in [9.17, 15) is 22.8 Å². The van der Waals surface area contributed by atoms with E-state index in [1.54, 1.807) is 12.1 Å². The van der Waals surface area contributed by atoms with E-state index in [-0.39, 0.29) is 42.2 Å². The Hall–Kier alpha value is -4.68. The second-order valence-corrected chi connectivity index (χ2v) is 8.47. The van der Waals surface area contributed by atoms with Gasteiger partial charge in [-0.05, 0) is 35.9 Å². The van der Waals surface area contributed by atoms with E-state index in [2.05, 4.69) is 25.8 Å². The molecule has 0 aliphatic heterocycles. The molecule has 38 heavy (non-hydrogen) atoms. The zero-order valence-corrected chi connectivity index (χ0v) is 20.0. The summed E-state index contributed by atoms with van der Waals surface area (Å²) in [5.74, 6) is -1.23. The highest BCUT2D eigenvalue weighted by Crippen LogP contribution is 2.40. The molecule has 1 aromatic heterocycles. The summed E-state index contributed by atoms with van der Waals surface area (Å²) in [5.41, 5.74) is -1.16. The zero-order valence-electron chi connectivity index (χ0n) is 20.0. The number of nitrogens with zero attached hydrogens (tertiary/aromatic N) is 3. The molecule has 3 N–H and O–H groups in total. The summed E-state index contributed by atoms with van der Waals surface area (Å²) in [6.07, 6.45) is -0.728. The molecule has 1 saturated carbocycles. The van der Waals surface area contributed by atoms with Gasteiger partial charge in [-0.3, -0.25) is 9.59 Å². The van der Waals surface area contributed by atoms with Crippen LogP contribution in [0.15, 0.2) is 66.3 Å². The molecule has 10 nitrogen and oxygen atoms in total. The van der Waals surface area contributed by atoms with Crippen LogP contribution < -0.4 is 20.1 Å². The fourth-order valence-corrected chi connectivity index (χ4v) is 3.83. The Balaban J connectivity index is 1.41. The van der Waals surface area contributed by atoms with Crippen LogP contribution in [-0.4, -0.2) is 45.3 Å². The lowest BCUT2D eigenvalue weighted by Crippen LogP contribution is -2.66. The minimum atomic E-state index is -4.64. The molecule has 2 aromatic carbocycles. The maximum atomic E-state index is 13.4. The number of aromatic nitrogens is 2. The third-order valence-corrected chi connectivity index (χ3v) is 5.86. The van der Waals surface area contributed by atoms with E-state index >= 15 is 0 Å². The Morgan fingerprint density at radius 3 is 2.34 bits per heavy atom. The predicted octanol–water partition coefficient (Wildman–Crippen LogP) is 3.71. The summed E-state index contributed by atoms with van der Waals surface area (Å²) in [4.78, 5) is 33.1. The lowest BCUT2D eigenvalue weighted by atomic mass is 9.74. The number of methoxy groups -OCH3 is 1. The number of oxime groups is 1. The summed E-state index contributed by atoms with van der Waals surface area (Å²) in [5, 5.41) is 17.5. The van der Waals surface area contributed by atoms with Crippen LogP contribution >= 0.6 is 0 Å². The molecule has 0 radical (unpaired) electrons. The number of carbonyl (C=O) groups is 2. The number of amides is 2. The molecule has 1 heterocycles. The van der Waals surface area contributed by atoms with Gasteiger partial charge in [-0.25, -0.2) is 9.97 Å². The van der Waals surface area contributed by atoms with Gasteiger partial charge >= 0.3 is 6.18 Å². The van der Waals surface area contributed by atoms with Gasteiger partial charge in [0.15, 0.2) is 0 Å². The van der Waals surface area contributed by atoms with Gasteiger partial charge in [0, 0.05) is 31.8 Å². The fourth-order valence-electron chi connectivity index (χ4n) is 3.83. The molecule has 2 amide bonds. The molecule has 0 saturated heterocycles. The molecule has 13 heteroatoms. The average Bonchev–Trinajstić information content (AvgIpc) is 2.89. The van der Waals surface area contributed by atoms with Crippen molar-refractivity contribution < 1.29 is 37.4 Å². The average molecular weight is 529 g/mol. The van der Waals surface area contributed by atoms with Gasteiger partial charge in [0.25, 0.3) is 5.91 Å². The van der Waals surface area contributed by atoms with Crippen LogP contribution in [0.25, 0.3) is 0 Å². The van der Waals surface area contributed by atoms with Gasteiger partial charge in [0.1, 0.15) is 34.7 Å². The van der Waals surface area contributed by atoms with Crippen molar-refractivity contribution in [3.63, 3.8) is 0 Å². The summed E-state index contributed by atoms with van der Waals surface area (Å²) >= 11 is 0. The van der Waals surface area contributed by atoms with E-state index < -0.39 is 29.1 Å². The maximum Gasteiger partial charge on any atom is 0.420 e. The van der Waals surface area contributed by atoms with Crippen LogP contribution in [0.3, 0.4) is 0 Å². The first-order valence-electron chi connectivity index (χ1n) is 11.2. The number of ether oxygens (including phenoxy) is 2. The van der Waals surface area contributed by atoms with Crippen LogP contribution in [0.1, 0.15) is 34.3 Å². The largest absolute Gasteiger partial charge is 0.497 e. The lowest BCUT2D eigenvalue weighted by Gasteiger charge is -2.41. The van der Waals surface area contributed by atoms with Crippen LogP contribution in [0.2, 0.25) is 0 Å². The highest BCUT2D eigenvalue weighted by Gasteiger charge is 2.50. The molecular formula is C25H22F3N5O5. The molecule has 3 aromatic rings. The Bertz CT molecular complexity index is 1340. The number of rotatable bonds is 8. The van der Waals surface area contributed by atoms with Crippen molar-refractivity contribution in [1.82, 2.24) is 20.6 Å². The first-order valence-corrected chi connectivity index (χ1v) is 11.2. The third-order valence-electron chi connectivity index (χ3n) is 5.86.